The van der Waals surface area contributed by atoms with E-state index in [1.165, 1.54) is 5.57 Å². The molecule has 0 spiro atoms. The van der Waals surface area contributed by atoms with Gasteiger partial charge in [-0.3, -0.25) is 0 Å². The number of halogens is 3. The smallest absolute Gasteiger partial charge is 0.213 e. The third kappa shape index (κ3) is 24.9. The second kappa shape index (κ2) is 45.1. The lowest BCUT2D eigenvalue weighted by molar-refractivity contribution is 0.0985. The van der Waals surface area contributed by atoms with E-state index in [0.717, 1.165) is 97.4 Å². The predicted octanol–water partition coefficient (Wildman–Crippen LogP) is 14.2. The van der Waals surface area contributed by atoms with E-state index >= 15 is 0 Å². The topological polar surface area (TPSA) is 445 Å². The van der Waals surface area contributed by atoms with Crippen LogP contribution in [0.25, 0.3) is 63.0 Å². The Labute approximate surface area is 862 Å². The molecule has 20 heterocycles. The number of hydrogen-bond donors (Lipinski definition) is 0. The van der Waals surface area contributed by atoms with Crippen LogP contribution in [0.5, 0.6) is 11.8 Å². The van der Waals surface area contributed by atoms with Gasteiger partial charge in [-0.15, -0.1) is 0 Å². The van der Waals surface area contributed by atoms with Crippen molar-refractivity contribution in [1.29, 1.82) is 0 Å². The van der Waals surface area contributed by atoms with Crippen LogP contribution in [0.2, 0.25) is 15.5 Å². The maximum Gasteiger partial charge on any atom is 0.213 e. The highest BCUT2D eigenvalue weighted by atomic mass is 35.5. The van der Waals surface area contributed by atoms with Gasteiger partial charge in [0.15, 0.2) is 78.3 Å². The molecule has 1 unspecified atom stereocenters. The van der Waals surface area contributed by atoms with Crippen molar-refractivity contribution >= 4 is 119 Å². The number of pyridine rings is 5. The van der Waals surface area contributed by atoms with Gasteiger partial charge >= 0.3 is 0 Å². The van der Waals surface area contributed by atoms with E-state index in [1.807, 2.05) is 82.3 Å². The molecular weight excluding hydrogens is 2020 g/mol. The van der Waals surface area contributed by atoms with Gasteiger partial charge in [-0.05, 0) is 176 Å². The average Bonchev–Trinajstić information content (AvgIpc) is 1.57. The number of sulfone groups is 5. The lowest BCUT2D eigenvalue weighted by Crippen LogP contribution is -2.44. The highest BCUT2D eigenvalue weighted by Gasteiger charge is 2.42. The number of anilines is 5. The van der Waals surface area contributed by atoms with Gasteiger partial charge in [-0.1, -0.05) is 46.5 Å². The first kappa shape index (κ1) is 106. The molecule has 10 aliphatic heterocycles. The monoisotopic (exact) mass is 2140 g/mol. The van der Waals surface area contributed by atoms with Gasteiger partial charge in [0.1, 0.15) is 70.8 Å². The van der Waals surface area contributed by atoms with Crippen LogP contribution in [0, 0.1) is 27.7 Å². The Balaban J connectivity index is 0.000000124. The first-order chi connectivity index (χ1) is 69.2. The fourth-order valence-electron chi connectivity index (χ4n) is 20.3. The van der Waals surface area contributed by atoms with Crippen LogP contribution >= 0.6 is 34.8 Å². The third-order valence-electron chi connectivity index (χ3n) is 27.6. The molecule has 11 aliphatic rings. The molecule has 0 aromatic carbocycles. The average molecular weight is 2140 g/mol. The maximum atomic E-state index is 12.7. The van der Waals surface area contributed by atoms with Crippen LogP contribution in [0.4, 0.5) is 29.1 Å². The van der Waals surface area contributed by atoms with E-state index in [2.05, 4.69) is 117 Å². The molecule has 0 amide bonds. The zero-order chi connectivity index (χ0) is 103. The fourth-order valence-corrected chi connectivity index (χ4v) is 30.3. The Morgan fingerprint density at radius 2 is 0.552 bits per heavy atom. The number of nitrogens with zero attached hydrogens (tertiary/aromatic N) is 20. The summed E-state index contributed by atoms with van der Waals surface area (Å²) < 4.78 is 164. The second-order valence-electron chi connectivity index (χ2n) is 38.7. The van der Waals surface area contributed by atoms with E-state index < -0.39 is 75.4 Å². The number of rotatable bonds is 17. The summed E-state index contributed by atoms with van der Waals surface area (Å²) in [6, 6.07) is 26.2. The Bertz CT molecular complexity index is 6770. The van der Waals surface area contributed by atoms with Crippen LogP contribution in [-0.2, 0) is 79.3 Å². The molecule has 776 valence electrons. The molecule has 145 heavy (non-hydrogen) atoms. The van der Waals surface area contributed by atoms with E-state index in [-0.39, 0.29) is 59.0 Å². The van der Waals surface area contributed by atoms with Gasteiger partial charge in [-0.25, -0.2) is 117 Å². The van der Waals surface area contributed by atoms with Gasteiger partial charge in [0.25, 0.3) is 0 Å². The minimum atomic E-state index is -3.21. The number of allylic oxidation sites excluding steroid dienone is 1. The van der Waals surface area contributed by atoms with Gasteiger partial charge in [0.2, 0.25) is 11.8 Å². The molecular formula is C100H123Cl3N20O17S5. The van der Waals surface area contributed by atoms with Crippen molar-refractivity contribution in [3.63, 3.8) is 0 Å². The third-order valence-corrected chi connectivity index (χ3v) is 39.2. The van der Waals surface area contributed by atoms with Crippen LogP contribution < -0.4 is 34.0 Å². The highest BCUT2D eigenvalue weighted by Crippen LogP contribution is 2.45. The zero-order valence-electron chi connectivity index (χ0n) is 83.4. The van der Waals surface area contributed by atoms with Crippen molar-refractivity contribution < 1.29 is 75.2 Å². The summed E-state index contributed by atoms with van der Waals surface area (Å²) in [5, 5.41) is -1.80. The highest BCUT2D eigenvalue weighted by molar-refractivity contribution is 7.93. The Morgan fingerprint density at radius 1 is 0.303 bits per heavy atom. The van der Waals surface area contributed by atoms with Crippen LogP contribution in [0.15, 0.2) is 90.5 Å². The predicted molar refractivity (Wildman–Crippen MR) is 558 cm³/mol. The molecule has 37 nitrogen and oxygen atoms in total. The summed E-state index contributed by atoms with van der Waals surface area (Å²) >= 11 is 18.6. The first-order valence-corrected chi connectivity index (χ1v) is 58.9. The molecule has 10 fully saturated rings. The van der Waals surface area contributed by atoms with Crippen molar-refractivity contribution in [2.45, 2.75) is 196 Å². The normalized spacial score (nSPS) is 24.3. The molecule has 0 saturated carbocycles. The fraction of sp³-hybridized carbons (Fsp3) is 0.530. The minimum Gasteiger partial charge on any atom is -0.481 e. The summed E-state index contributed by atoms with van der Waals surface area (Å²) in [6.07, 6.45) is 9.10. The molecule has 10 saturated heterocycles. The number of aryl methyl sites for hydroxylation is 4. The van der Waals surface area contributed by atoms with Gasteiger partial charge in [-0.2, -0.15) is 0 Å². The lowest BCUT2D eigenvalue weighted by Gasteiger charge is -2.34. The SMILES string of the molecule is CC1=Cc2c(-c3nc(C4CCCS4(=O)=O)cc(N4CCOC[C@H]4C)n3)cc(Cl)nc2C1.COc1cc(-c2nc([C@@H]3CCCS3(=O)=O)cc(N3CCOC[C@H]3C)n2)cc(C)n1.COc1cc(-c2nc([C@H]3CCCS3(=O)=O)cc(N3CCOC[C@H]3C)n2)cc(C)n1.Cc1cc(-c2nc([C@@H]3CCCS3(=O)=O)cc(N3CCOC[C@H]3C)n2)cc(Cl)n1.Cc1cc(-c2nc([C@H]3CCCS3(=O)=O)cc(N3CCOC[C@H]3C)n2)cc(Cl)n1. The van der Waals surface area contributed by atoms with Crippen LogP contribution in [0.3, 0.4) is 0 Å². The van der Waals surface area contributed by atoms with Crippen molar-refractivity contribution in [2.24, 2.45) is 0 Å². The number of morpholine rings is 5. The zero-order valence-corrected chi connectivity index (χ0v) is 89.8. The second-order valence-corrected chi connectivity index (χ2v) is 51.4. The number of hydrogen-bond acceptors (Lipinski definition) is 37. The van der Waals surface area contributed by atoms with Crippen molar-refractivity contribution in [3.8, 4) is 68.7 Å². The van der Waals surface area contributed by atoms with Crippen LogP contribution in [-0.4, -0.2) is 289 Å². The Hall–Kier alpha value is -10.1. The number of ether oxygens (including phenoxy) is 7. The number of fused-ring (bicyclic) bond motifs is 1. The van der Waals surface area contributed by atoms with E-state index in [9.17, 15) is 42.1 Å². The quantitative estimate of drug-likeness (QED) is 0.0764. The molecule has 21 rings (SSSR count). The molecule has 10 aromatic rings. The Kier molecular flexibility index (Phi) is 33.1. The largest absolute Gasteiger partial charge is 0.481 e. The van der Waals surface area contributed by atoms with E-state index in [4.69, 9.17) is 97.9 Å². The van der Waals surface area contributed by atoms with Gasteiger partial charge < -0.3 is 57.7 Å². The number of aromatic nitrogens is 15. The summed E-state index contributed by atoms with van der Waals surface area (Å²) in [5.41, 5.74) is 12.7. The first-order valence-electron chi connectivity index (χ1n) is 49.2. The summed E-state index contributed by atoms with van der Waals surface area (Å²) in [6.45, 7) is 29.5. The summed E-state index contributed by atoms with van der Waals surface area (Å²) in [7, 11) is -12.8. The summed E-state index contributed by atoms with van der Waals surface area (Å²) in [5.74, 6) is 8.07. The standard InChI is InChI=1S/C22H25ClN4O3S.2C20H26N4O4S.2C19H23ClN4O3S/c1-13-8-15-16(10-20(23)24-17(15)9-13)22-25-18(19-4-3-7-31(19,28)29)11-21(26-22)27-5-6-30-12-14(27)2;2*1-13-9-15(10-19(21-13)27-3)20-22-16(17-5-4-8-29(17,25)26)11-18(23-20)24-6-7-28-12-14(24)2;2*1-12-8-14(9-17(20)21-12)19-22-15(16-4-3-7-28(16,25)26)10-18(23-19)24-5-6-27-11-13(24)2/h8,10-11,14,19H,3-7,9,12H2,1-2H3;2*9-11,14,17H,4-8,12H2,1-3H3;2*8-10,13,16H,3-7,11H2,1-2H3/t14-,19?;14-,17+;14-,17-;13-,16+;13-,16-/m11111/s1. The van der Waals surface area contributed by atoms with Crippen molar-refractivity contribution in [2.75, 3.05) is 166 Å². The van der Waals surface area contributed by atoms with E-state index in [1.54, 1.807) is 44.6 Å². The molecule has 10 atom stereocenters. The van der Waals surface area contributed by atoms with Gasteiger partial charge in [0, 0.05) is 138 Å². The van der Waals surface area contributed by atoms with Crippen molar-refractivity contribution in [1.82, 2.24) is 74.8 Å². The molecule has 10 aromatic heterocycles. The number of methoxy groups -OCH3 is 2. The minimum absolute atomic E-state index is 0.137. The Morgan fingerprint density at radius 3 is 0.800 bits per heavy atom. The van der Waals surface area contributed by atoms with Gasteiger partial charge in [0.05, 0.1) is 173 Å². The molecule has 45 heteroatoms. The maximum absolute atomic E-state index is 12.7. The van der Waals surface area contributed by atoms with Crippen molar-refractivity contribution in [3.05, 3.63) is 168 Å². The van der Waals surface area contributed by atoms with Crippen LogP contribution in [0.1, 0.15) is 195 Å². The molecule has 0 bridgehead atoms. The molecule has 1 aliphatic carbocycles. The summed E-state index contributed by atoms with van der Waals surface area (Å²) in [4.78, 5) is 79.7. The molecule has 0 radical (unpaired) electrons. The lowest BCUT2D eigenvalue weighted by atomic mass is 10.1. The molecule has 0 N–H and O–H groups in total. The van der Waals surface area contributed by atoms with E-state index in [0.29, 0.717) is 248 Å².